The fourth-order valence-electron chi connectivity index (χ4n) is 2.90. The van der Waals surface area contributed by atoms with Gasteiger partial charge in [-0.25, -0.2) is 0 Å². The summed E-state index contributed by atoms with van der Waals surface area (Å²) in [6, 6.07) is 6.64. The van der Waals surface area contributed by atoms with Crippen molar-refractivity contribution in [2.45, 2.75) is 25.7 Å². The first-order chi connectivity index (χ1) is 7.83. The number of aryl methyl sites for hydroxylation is 1. The highest BCUT2D eigenvalue weighted by Gasteiger charge is 2.24. The van der Waals surface area contributed by atoms with Gasteiger partial charge in [0.2, 0.25) is 0 Å². The van der Waals surface area contributed by atoms with Crippen LogP contribution in [0.2, 0.25) is 0 Å². The second-order valence-corrected chi connectivity index (χ2v) is 5.99. The van der Waals surface area contributed by atoms with Crippen LogP contribution in [0.5, 0.6) is 0 Å². The van der Waals surface area contributed by atoms with Crippen molar-refractivity contribution in [3.05, 3.63) is 33.8 Å². The summed E-state index contributed by atoms with van der Waals surface area (Å²) in [5, 5.41) is 0. The quantitative estimate of drug-likeness (QED) is 0.803. The molecule has 1 fully saturated rings. The molecule has 1 unspecified atom stereocenters. The summed E-state index contributed by atoms with van der Waals surface area (Å²) >= 11 is 3.69. The highest BCUT2D eigenvalue weighted by atomic mass is 79.9. The van der Waals surface area contributed by atoms with Gasteiger partial charge in [0.05, 0.1) is 0 Å². The Morgan fingerprint density at radius 2 is 2.19 bits per heavy atom. The Kier molecular flexibility index (Phi) is 3.03. The van der Waals surface area contributed by atoms with Gasteiger partial charge in [0.15, 0.2) is 0 Å². The van der Waals surface area contributed by atoms with Gasteiger partial charge in [-0.15, -0.1) is 0 Å². The number of rotatable bonds is 2. The Bertz CT molecular complexity index is 384. The van der Waals surface area contributed by atoms with Crippen LogP contribution in [0, 0.1) is 5.92 Å². The van der Waals surface area contributed by atoms with Crippen molar-refractivity contribution in [3.8, 4) is 0 Å². The molecule has 3 rings (SSSR count). The number of halogens is 1. The standard InChI is InChI=1S/C14H18BrN/c15-14-4-1-3-12-6-5-11(9-13(12)14)10-16-7-2-8-16/h1,3-4,11H,2,5-10H2. The highest BCUT2D eigenvalue weighted by molar-refractivity contribution is 9.10. The van der Waals surface area contributed by atoms with Crippen molar-refractivity contribution in [3.63, 3.8) is 0 Å². The van der Waals surface area contributed by atoms with Gasteiger partial charge in [-0.2, -0.15) is 0 Å². The van der Waals surface area contributed by atoms with Crippen molar-refractivity contribution in [2.24, 2.45) is 5.92 Å². The molecule has 1 saturated heterocycles. The minimum absolute atomic E-state index is 0.881. The summed E-state index contributed by atoms with van der Waals surface area (Å²) in [7, 11) is 0. The monoisotopic (exact) mass is 279 g/mol. The lowest BCUT2D eigenvalue weighted by Crippen LogP contribution is -2.41. The summed E-state index contributed by atoms with van der Waals surface area (Å²) in [5.41, 5.74) is 3.13. The van der Waals surface area contributed by atoms with Gasteiger partial charge < -0.3 is 4.90 Å². The molecule has 1 aliphatic carbocycles. The van der Waals surface area contributed by atoms with Crippen LogP contribution in [0.25, 0.3) is 0 Å². The normalized spacial score (nSPS) is 24.9. The highest BCUT2D eigenvalue weighted by Crippen LogP contribution is 2.31. The molecule has 16 heavy (non-hydrogen) atoms. The predicted octanol–water partition coefficient (Wildman–Crippen LogP) is 3.26. The van der Waals surface area contributed by atoms with Crippen molar-refractivity contribution >= 4 is 15.9 Å². The number of likely N-dealkylation sites (tertiary alicyclic amines) is 1. The van der Waals surface area contributed by atoms with Crippen molar-refractivity contribution < 1.29 is 0 Å². The number of hydrogen-bond donors (Lipinski definition) is 0. The Morgan fingerprint density at radius 3 is 2.94 bits per heavy atom. The van der Waals surface area contributed by atoms with Crippen LogP contribution in [-0.2, 0) is 12.8 Å². The fourth-order valence-corrected chi connectivity index (χ4v) is 3.47. The fraction of sp³-hybridized carbons (Fsp3) is 0.571. The SMILES string of the molecule is Brc1cccc2c1CC(CN1CCC1)CC2. The van der Waals surface area contributed by atoms with Gasteiger partial charge >= 0.3 is 0 Å². The minimum Gasteiger partial charge on any atom is -0.303 e. The Morgan fingerprint density at radius 1 is 1.31 bits per heavy atom. The summed E-state index contributed by atoms with van der Waals surface area (Å²) in [4.78, 5) is 2.60. The third kappa shape index (κ3) is 2.05. The molecule has 2 aliphatic rings. The van der Waals surface area contributed by atoms with E-state index in [1.165, 1.54) is 49.8 Å². The molecule has 1 aromatic carbocycles. The first kappa shape index (κ1) is 10.8. The molecule has 0 N–H and O–H groups in total. The number of fused-ring (bicyclic) bond motifs is 1. The van der Waals surface area contributed by atoms with Crippen LogP contribution >= 0.6 is 15.9 Å². The molecule has 2 heteroatoms. The van der Waals surface area contributed by atoms with E-state index in [1.807, 2.05) is 0 Å². The molecule has 1 heterocycles. The summed E-state index contributed by atoms with van der Waals surface area (Å²) < 4.78 is 1.32. The van der Waals surface area contributed by atoms with Gasteiger partial charge in [0.1, 0.15) is 0 Å². The number of benzene rings is 1. The minimum atomic E-state index is 0.881. The lowest BCUT2D eigenvalue weighted by Gasteiger charge is -2.36. The number of nitrogens with zero attached hydrogens (tertiary/aromatic N) is 1. The second-order valence-electron chi connectivity index (χ2n) is 5.14. The van der Waals surface area contributed by atoms with Gasteiger partial charge in [-0.1, -0.05) is 28.1 Å². The van der Waals surface area contributed by atoms with Gasteiger partial charge in [0, 0.05) is 11.0 Å². The predicted molar refractivity (Wildman–Crippen MR) is 70.7 cm³/mol. The second kappa shape index (κ2) is 4.50. The zero-order chi connectivity index (χ0) is 11.0. The van der Waals surface area contributed by atoms with E-state index in [4.69, 9.17) is 0 Å². The van der Waals surface area contributed by atoms with Crippen molar-refractivity contribution in [1.82, 2.24) is 4.90 Å². The molecule has 1 nitrogen and oxygen atoms in total. The molecule has 86 valence electrons. The van der Waals surface area contributed by atoms with E-state index < -0.39 is 0 Å². The van der Waals surface area contributed by atoms with Crippen LogP contribution in [0.4, 0.5) is 0 Å². The lowest BCUT2D eigenvalue weighted by molar-refractivity contribution is 0.146. The van der Waals surface area contributed by atoms with E-state index in [0.29, 0.717) is 0 Å². The maximum atomic E-state index is 3.69. The average molecular weight is 280 g/mol. The molecule has 0 saturated carbocycles. The van der Waals surface area contributed by atoms with Crippen LogP contribution in [0.1, 0.15) is 24.0 Å². The van der Waals surface area contributed by atoms with Crippen LogP contribution in [0.3, 0.4) is 0 Å². The topological polar surface area (TPSA) is 3.24 Å². The molecule has 1 atom stereocenters. The van der Waals surface area contributed by atoms with E-state index in [2.05, 4.69) is 39.0 Å². The lowest BCUT2D eigenvalue weighted by atomic mass is 9.83. The Labute approximate surface area is 106 Å². The van der Waals surface area contributed by atoms with E-state index in [9.17, 15) is 0 Å². The zero-order valence-electron chi connectivity index (χ0n) is 9.58. The van der Waals surface area contributed by atoms with Gasteiger partial charge in [-0.3, -0.25) is 0 Å². The third-order valence-corrected chi connectivity index (χ3v) is 4.74. The summed E-state index contributed by atoms with van der Waals surface area (Å²) in [5.74, 6) is 0.881. The van der Waals surface area contributed by atoms with Crippen LogP contribution < -0.4 is 0 Å². The van der Waals surface area contributed by atoms with Crippen molar-refractivity contribution in [2.75, 3.05) is 19.6 Å². The first-order valence-electron chi connectivity index (χ1n) is 6.31. The molecule has 0 spiro atoms. The van der Waals surface area contributed by atoms with Gasteiger partial charge in [-0.05, 0) is 61.9 Å². The van der Waals surface area contributed by atoms with E-state index >= 15 is 0 Å². The van der Waals surface area contributed by atoms with E-state index in [0.717, 1.165) is 5.92 Å². The summed E-state index contributed by atoms with van der Waals surface area (Å²) in [6.45, 7) is 3.99. The molecule has 0 radical (unpaired) electrons. The first-order valence-corrected chi connectivity index (χ1v) is 7.11. The Balaban J connectivity index is 1.72. The third-order valence-electron chi connectivity index (χ3n) is 4.00. The molecule has 0 aromatic heterocycles. The average Bonchev–Trinajstić information content (AvgIpc) is 2.24. The zero-order valence-corrected chi connectivity index (χ0v) is 11.2. The molecular weight excluding hydrogens is 262 g/mol. The van der Waals surface area contributed by atoms with E-state index in [-0.39, 0.29) is 0 Å². The smallest absolute Gasteiger partial charge is 0.0210 e. The molecule has 1 aliphatic heterocycles. The number of hydrogen-bond acceptors (Lipinski definition) is 1. The molecule has 1 aromatic rings. The van der Waals surface area contributed by atoms with E-state index in [1.54, 1.807) is 11.1 Å². The van der Waals surface area contributed by atoms with Gasteiger partial charge in [0.25, 0.3) is 0 Å². The summed E-state index contributed by atoms with van der Waals surface area (Å²) in [6.07, 6.45) is 5.33. The molecule has 0 bridgehead atoms. The maximum Gasteiger partial charge on any atom is 0.0210 e. The molecular formula is C14H18BrN. The van der Waals surface area contributed by atoms with Crippen LogP contribution in [-0.4, -0.2) is 24.5 Å². The molecule has 0 amide bonds. The maximum absolute atomic E-state index is 3.69. The van der Waals surface area contributed by atoms with Crippen LogP contribution in [0.15, 0.2) is 22.7 Å². The van der Waals surface area contributed by atoms with Crippen molar-refractivity contribution in [1.29, 1.82) is 0 Å². The largest absolute Gasteiger partial charge is 0.303 e. The Hall–Kier alpha value is -0.340.